The van der Waals surface area contributed by atoms with E-state index in [-0.39, 0.29) is 25.7 Å². The number of aliphatic hydroxyl groups is 1. The van der Waals surface area contributed by atoms with E-state index in [0.717, 1.165) is 108 Å². The fraction of sp³-hybridized carbons (Fsp3) is 0.951. The number of rotatable bonds is 80. The highest BCUT2D eigenvalue weighted by Crippen LogP contribution is 2.45. The molecule has 100 heavy (non-hydrogen) atoms. The van der Waals surface area contributed by atoms with E-state index in [1.807, 2.05) is 0 Å². The number of unbranched alkanes of at least 4 members (excludes halogenated alkanes) is 50. The van der Waals surface area contributed by atoms with Crippen LogP contribution in [0.2, 0.25) is 0 Å². The molecule has 0 amide bonds. The smallest absolute Gasteiger partial charge is 0.462 e. The van der Waals surface area contributed by atoms with E-state index < -0.39 is 97.5 Å². The van der Waals surface area contributed by atoms with Gasteiger partial charge in [-0.2, -0.15) is 0 Å². The van der Waals surface area contributed by atoms with Crippen LogP contribution in [0.15, 0.2) is 0 Å². The van der Waals surface area contributed by atoms with Crippen LogP contribution in [0, 0.1) is 11.8 Å². The Bertz CT molecular complexity index is 1920. The van der Waals surface area contributed by atoms with E-state index in [2.05, 4.69) is 41.5 Å². The molecular formula is C81H158O17P2. The van der Waals surface area contributed by atoms with Crippen molar-refractivity contribution in [2.24, 2.45) is 11.8 Å². The maximum atomic E-state index is 13.1. The number of carbonyl (C=O) groups excluding carboxylic acids is 4. The molecule has 2 unspecified atom stereocenters. The number of phosphoric ester groups is 2. The van der Waals surface area contributed by atoms with Crippen LogP contribution in [0.3, 0.4) is 0 Å². The van der Waals surface area contributed by atoms with E-state index >= 15 is 0 Å². The number of carbonyl (C=O) groups is 4. The zero-order chi connectivity index (χ0) is 73.5. The minimum atomic E-state index is -4.96. The first-order valence-electron chi connectivity index (χ1n) is 42.0. The van der Waals surface area contributed by atoms with Gasteiger partial charge >= 0.3 is 39.5 Å². The van der Waals surface area contributed by atoms with Crippen molar-refractivity contribution < 1.29 is 80.2 Å². The average Bonchev–Trinajstić information content (AvgIpc) is 0.923. The quantitative estimate of drug-likeness (QED) is 0.0222. The zero-order valence-corrected chi connectivity index (χ0v) is 67.3. The van der Waals surface area contributed by atoms with Crippen LogP contribution in [0.1, 0.15) is 427 Å². The summed E-state index contributed by atoms with van der Waals surface area (Å²) in [4.78, 5) is 72.9. The van der Waals surface area contributed by atoms with Crippen LogP contribution in [-0.4, -0.2) is 96.7 Å². The lowest BCUT2D eigenvalue weighted by Crippen LogP contribution is -2.30. The molecule has 17 nitrogen and oxygen atoms in total. The summed E-state index contributed by atoms with van der Waals surface area (Å²) >= 11 is 0. The molecule has 0 radical (unpaired) electrons. The van der Waals surface area contributed by atoms with E-state index in [4.69, 9.17) is 37.0 Å². The molecule has 0 saturated carbocycles. The normalized spacial score (nSPS) is 13.9. The summed E-state index contributed by atoms with van der Waals surface area (Å²) in [6.45, 7) is 9.60. The second-order valence-corrected chi connectivity index (χ2v) is 33.0. The molecule has 594 valence electrons. The third-order valence-corrected chi connectivity index (χ3v) is 20.9. The summed E-state index contributed by atoms with van der Waals surface area (Å²) in [5.41, 5.74) is 0. The van der Waals surface area contributed by atoms with Gasteiger partial charge in [-0.25, -0.2) is 9.13 Å². The molecular weight excluding hydrogens is 1310 g/mol. The summed E-state index contributed by atoms with van der Waals surface area (Å²) in [5, 5.41) is 10.6. The summed E-state index contributed by atoms with van der Waals surface area (Å²) in [5.74, 6) is -0.571. The Morgan fingerprint density at radius 3 is 0.680 bits per heavy atom. The van der Waals surface area contributed by atoms with Crippen LogP contribution in [-0.2, 0) is 65.4 Å². The number of ether oxygens (including phenoxy) is 4. The van der Waals surface area contributed by atoms with Crippen molar-refractivity contribution in [1.82, 2.24) is 0 Å². The van der Waals surface area contributed by atoms with Gasteiger partial charge in [-0.1, -0.05) is 375 Å². The molecule has 0 aliphatic carbocycles. The molecule has 5 atom stereocenters. The van der Waals surface area contributed by atoms with Gasteiger partial charge in [0.2, 0.25) is 0 Å². The fourth-order valence-corrected chi connectivity index (χ4v) is 14.1. The standard InChI is InChI=1S/C81H158O17P2/c1-7-9-11-13-15-17-18-19-20-21-22-23-24-25-26-29-33-36-41-47-53-59-65-80(85)97-77(70-92-79(84)64-58-52-46-40-35-32-30-27-28-31-34-38-43-49-55-61-73(3)4)72-96-100(89,90)94-68-75(82)67-93-99(87,88)95-71-76(69-91-78(83)63-57-51-45-16-14-12-10-8-2)98-81(86)66-60-54-48-42-37-39-44-50-56-62-74(5)6/h73-77,82H,7-72H2,1-6H3,(H,87,88)(H,89,90)/t75-,76+,77+/m0/s1. The van der Waals surface area contributed by atoms with Gasteiger partial charge in [-0.15, -0.1) is 0 Å². The third kappa shape index (κ3) is 74.3. The second kappa shape index (κ2) is 72.6. The Morgan fingerprint density at radius 2 is 0.460 bits per heavy atom. The van der Waals surface area contributed by atoms with Gasteiger partial charge in [0.05, 0.1) is 26.4 Å². The van der Waals surface area contributed by atoms with Gasteiger partial charge in [0.15, 0.2) is 12.2 Å². The Labute approximate surface area is 613 Å². The van der Waals surface area contributed by atoms with Crippen LogP contribution < -0.4 is 0 Å². The fourth-order valence-electron chi connectivity index (χ4n) is 12.5. The lowest BCUT2D eigenvalue weighted by atomic mass is 10.0. The van der Waals surface area contributed by atoms with E-state index in [1.165, 1.54) is 238 Å². The topological polar surface area (TPSA) is 237 Å². The molecule has 0 aromatic heterocycles. The lowest BCUT2D eigenvalue weighted by Gasteiger charge is -2.21. The van der Waals surface area contributed by atoms with Crippen molar-refractivity contribution in [3.05, 3.63) is 0 Å². The van der Waals surface area contributed by atoms with Gasteiger partial charge in [0, 0.05) is 25.7 Å². The van der Waals surface area contributed by atoms with E-state index in [9.17, 15) is 43.2 Å². The molecule has 19 heteroatoms. The number of aliphatic hydroxyl groups excluding tert-OH is 1. The summed E-state index contributed by atoms with van der Waals surface area (Å²) in [6.07, 6.45) is 62.7. The SMILES string of the molecule is CCCCCCCCCCCCCCCCCCCCCCCCC(=O)O[C@H](COC(=O)CCCCCCCCCCCCCCCCCC(C)C)COP(=O)(O)OC[C@@H](O)COP(=O)(O)OC[C@@H](COC(=O)CCCCCCCCCC)OC(=O)CCCCCCCCCCCC(C)C. The largest absolute Gasteiger partial charge is 0.472 e. The molecule has 0 fully saturated rings. The summed E-state index contributed by atoms with van der Waals surface area (Å²) < 4.78 is 68.6. The maximum Gasteiger partial charge on any atom is 0.472 e. The Balaban J connectivity index is 5.17. The third-order valence-electron chi connectivity index (χ3n) is 19.0. The van der Waals surface area contributed by atoms with Gasteiger partial charge in [0.25, 0.3) is 0 Å². The van der Waals surface area contributed by atoms with E-state index in [1.54, 1.807) is 0 Å². The highest BCUT2D eigenvalue weighted by atomic mass is 31.2. The van der Waals surface area contributed by atoms with E-state index in [0.29, 0.717) is 25.7 Å². The van der Waals surface area contributed by atoms with Crippen molar-refractivity contribution in [3.63, 3.8) is 0 Å². The van der Waals surface area contributed by atoms with Gasteiger partial charge in [-0.05, 0) is 37.5 Å². The van der Waals surface area contributed by atoms with Crippen LogP contribution in [0.4, 0.5) is 0 Å². The first-order chi connectivity index (χ1) is 48.4. The molecule has 0 spiro atoms. The predicted octanol–water partition coefficient (Wildman–Crippen LogP) is 24.3. The number of phosphoric acid groups is 2. The van der Waals surface area contributed by atoms with Gasteiger partial charge in [0.1, 0.15) is 19.3 Å². The summed E-state index contributed by atoms with van der Waals surface area (Å²) in [6, 6.07) is 0. The molecule has 0 bridgehead atoms. The minimum absolute atomic E-state index is 0.105. The van der Waals surface area contributed by atoms with Gasteiger partial charge in [-0.3, -0.25) is 37.3 Å². The highest BCUT2D eigenvalue weighted by molar-refractivity contribution is 7.47. The van der Waals surface area contributed by atoms with Crippen LogP contribution in [0.25, 0.3) is 0 Å². The molecule has 0 rings (SSSR count). The predicted molar refractivity (Wildman–Crippen MR) is 409 cm³/mol. The molecule has 0 aromatic rings. The second-order valence-electron chi connectivity index (χ2n) is 30.1. The molecule has 0 heterocycles. The monoisotopic (exact) mass is 1470 g/mol. The maximum absolute atomic E-state index is 13.1. The molecule has 3 N–H and O–H groups in total. The molecule has 0 saturated heterocycles. The average molecular weight is 1470 g/mol. The highest BCUT2D eigenvalue weighted by Gasteiger charge is 2.30. The van der Waals surface area contributed by atoms with Gasteiger partial charge < -0.3 is 33.8 Å². The van der Waals surface area contributed by atoms with Crippen molar-refractivity contribution in [3.8, 4) is 0 Å². The number of hydrogen-bond donors (Lipinski definition) is 3. The summed E-state index contributed by atoms with van der Waals surface area (Å²) in [7, 11) is -9.91. The molecule has 0 aliphatic heterocycles. The Kier molecular flexibility index (Phi) is 71.2. The lowest BCUT2D eigenvalue weighted by molar-refractivity contribution is -0.161. The molecule has 0 aromatic carbocycles. The van der Waals surface area contributed by atoms with Crippen molar-refractivity contribution in [1.29, 1.82) is 0 Å². The van der Waals surface area contributed by atoms with Crippen molar-refractivity contribution >= 4 is 39.5 Å². The Morgan fingerprint density at radius 1 is 0.270 bits per heavy atom. The first-order valence-corrected chi connectivity index (χ1v) is 45.0. The van der Waals surface area contributed by atoms with Crippen LogP contribution in [0.5, 0.6) is 0 Å². The Hall–Kier alpha value is -1.94. The number of esters is 4. The van der Waals surface area contributed by atoms with Crippen LogP contribution >= 0.6 is 15.6 Å². The first kappa shape index (κ1) is 98.1. The number of hydrogen-bond acceptors (Lipinski definition) is 15. The molecule has 0 aliphatic rings. The minimum Gasteiger partial charge on any atom is -0.462 e. The zero-order valence-electron chi connectivity index (χ0n) is 65.5. The van der Waals surface area contributed by atoms with Crippen molar-refractivity contribution in [2.45, 2.75) is 445 Å². The van der Waals surface area contributed by atoms with Crippen molar-refractivity contribution in [2.75, 3.05) is 39.6 Å².